The summed E-state index contributed by atoms with van der Waals surface area (Å²) in [6.45, 7) is 6.27. The topological polar surface area (TPSA) is 68.2 Å². The zero-order valence-corrected chi connectivity index (χ0v) is 16.6. The van der Waals surface area contributed by atoms with Crippen LogP contribution < -0.4 is 14.2 Å². The Morgan fingerprint density at radius 2 is 1.86 bits per heavy atom. The van der Waals surface area contributed by atoms with Crippen molar-refractivity contribution in [1.82, 2.24) is 4.90 Å². The fourth-order valence-corrected chi connectivity index (χ4v) is 3.29. The number of phenols is 1. The number of nitrogens with zero attached hydrogens (tertiary/aromatic N) is 1. The van der Waals surface area contributed by atoms with Crippen molar-refractivity contribution in [1.29, 1.82) is 0 Å². The molecule has 6 heteroatoms. The maximum absolute atomic E-state index is 12.9. The van der Waals surface area contributed by atoms with Crippen molar-refractivity contribution in [2.45, 2.75) is 20.4 Å². The number of ketones is 1. The third-order valence-electron chi connectivity index (χ3n) is 4.91. The minimum absolute atomic E-state index is 0.124. The summed E-state index contributed by atoms with van der Waals surface area (Å²) in [4.78, 5) is 15.0. The van der Waals surface area contributed by atoms with E-state index in [1.54, 1.807) is 38.5 Å². The second-order valence-electron chi connectivity index (χ2n) is 6.42. The van der Waals surface area contributed by atoms with Gasteiger partial charge in [0.15, 0.2) is 17.3 Å². The highest BCUT2D eigenvalue weighted by atomic mass is 16.5. The van der Waals surface area contributed by atoms with E-state index in [9.17, 15) is 9.90 Å². The number of aromatic hydroxyl groups is 1. The van der Waals surface area contributed by atoms with Gasteiger partial charge in [0.1, 0.15) is 11.5 Å². The fraction of sp³-hybridized carbons (Fsp3) is 0.318. The molecule has 1 heterocycles. The molecule has 6 nitrogen and oxygen atoms in total. The van der Waals surface area contributed by atoms with Crippen LogP contribution >= 0.6 is 0 Å². The maximum atomic E-state index is 12.9. The van der Waals surface area contributed by atoms with Crippen molar-refractivity contribution < 1.29 is 24.1 Å². The lowest BCUT2D eigenvalue weighted by Crippen LogP contribution is -2.22. The lowest BCUT2D eigenvalue weighted by Gasteiger charge is -2.20. The molecule has 28 heavy (non-hydrogen) atoms. The van der Waals surface area contributed by atoms with Crippen LogP contribution in [0.2, 0.25) is 0 Å². The molecule has 0 bridgehead atoms. The van der Waals surface area contributed by atoms with Crippen molar-refractivity contribution in [3.05, 3.63) is 52.8 Å². The SMILES string of the molecule is CCN(CC)Cc1c(O)ccc2c1OC(=Cc1cccc(OC)c1OC)C2=O. The Bertz CT molecular complexity index is 915. The van der Waals surface area contributed by atoms with Gasteiger partial charge in [-0.3, -0.25) is 9.69 Å². The van der Waals surface area contributed by atoms with Gasteiger partial charge in [0.05, 0.1) is 25.3 Å². The molecule has 0 aromatic heterocycles. The van der Waals surface area contributed by atoms with Gasteiger partial charge in [0, 0.05) is 12.1 Å². The van der Waals surface area contributed by atoms with Crippen LogP contribution in [0.3, 0.4) is 0 Å². The van der Waals surface area contributed by atoms with Gasteiger partial charge in [-0.2, -0.15) is 0 Å². The maximum Gasteiger partial charge on any atom is 0.231 e. The lowest BCUT2D eigenvalue weighted by atomic mass is 10.0. The van der Waals surface area contributed by atoms with Crippen molar-refractivity contribution >= 4 is 11.9 Å². The average Bonchev–Trinajstić information content (AvgIpc) is 3.02. The van der Waals surface area contributed by atoms with E-state index in [1.807, 2.05) is 12.1 Å². The normalized spacial score (nSPS) is 14.3. The number of benzene rings is 2. The number of para-hydroxylation sites is 1. The number of fused-ring (bicyclic) bond motifs is 1. The summed E-state index contributed by atoms with van der Waals surface area (Å²) in [5, 5.41) is 10.4. The van der Waals surface area contributed by atoms with Gasteiger partial charge in [0.2, 0.25) is 5.78 Å². The smallest absolute Gasteiger partial charge is 0.231 e. The summed E-state index contributed by atoms with van der Waals surface area (Å²) in [5.74, 6) is 1.60. The molecular weight excluding hydrogens is 358 g/mol. The minimum atomic E-state index is -0.222. The van der Waals surface area contributed by atoms with E-state index in [-0.39, 0.29) is 17.3 Å². The van der Waals surface area contributed by atoms with Crippen molar-refractivity contribution in [3.8, 4) is 23.0 Å². The van der Waals surface area contributed by atoms with Gasteiger partial charge >= 0.3 is 0 Å². The van der Waals surface area contributed by atoms with E-state index in [0.717, 1.165) is 13.1 Å². The summed E-state index contributed by atoms with van der Waals surface area (Å²) >= 11 is 0. The number of ether oxygens (including phenoxy) is 3. The Morgan fingerprint density at radius 1 is 1.11 bits per heavy atom. The summed E-state index contributed by atoms with van der Waals surface area (Å²) in [5.41, 5.74) is 1.75. The molecule has 0 spiro atoms. The first-order chi connectivity index (χ1) is 13.5. The molecule has 0 amide bonds. The Kier molecular flexibility index (Phi) is 5.90. The summed E-state index contributed by atoms with van der Waals surface area (Å²) in [6, 6.07) is 8.57. The monoisotopic (exact) mass is 383 g/mol. The zero-order chi connectivity index (χ0) is 20.3. The zero-order valence-electron chi connectivity index (χ0n) is 16.6. The van der Waals surface area contributed by atoms with Crippen LogP contribution in [0, 0.1) is 0 Å². The largest absolute Gasteiger partial charge is 0.507 e. The second kappa shape index (κ2) is 8.35. The molecule has 0 radical (unpaired) electrons. The summed E-state index contributed by atoms with van der Waals surface area (Å²) in [7, 11) is 3.11. The Hall–Kier alpha value is -2.99. The molecule has 1 aliphatic heterocycles. The first-order valence-corrected chi connectivity index (χ1v) is 9.26. The van der Waals surface area contributed by atoms with Crippen LogP contribution in [-0.4, -0.2) is 43.1 Å². The van der Waals surface area contributed by atoms with Gasteiger partial charge in [-0.05, 0) is 37.4 Å². The van der Waals surface area contributed by atoms with E-state index >= 15 is 0 Å². The van der Waals surface area contributed by atoms with Crippen molar-refractivity contribution in [2.75, 3.05) is 27.3 Å². The number of phenolic OH excluding ortho intramolecular Hbond substituents is 1. The minimum Gasteiger partial charge on any atom is -0.507 e. The number of allylic oxidation sites excluding steroid dienone is 1. The number of carbonyl (C=O) groups is 1. The fourth-order valence-electron chi connectivity index (χ4n) is 3.29. The van der Waals surface area contributed by atoms with Gasteiger partial charge < -0.3 is 19.3 Å². The number of Topliss-reactive ketones (excluding diaryl/α,β-unsaturated/α-hetero) is 1. The van der Waals surface area contributed by atoms with E-state index in [4.69, 9.17) is 14.2 Å². The van der Waals surface area contributed by atoms with Crippen LogP contribution in [0.1, 0.15) is 35.3 Å². The lowest BCUT2D eigenvalue weighted by molar-refractivity contribution is 0.101. The number of carbonyl (C=O) groups excluding carboxylic acids is 1. The third-order valence-corrected chi connectivity index (χ3v) is 4.91. The first kappa shape index (κ1) is 19.8. The molecule has 148 valence electrons. The van der Waals surface area contributed by atoms with E-state index in [2.05, 4.69) is 18.7 Å². The first-order valence-electron chi connectivity index (χ1n) is 9.26. The molecular formula is C22H25NO5. The molecule has 2 aromatic rings. The average molecular weight is 383 g/mol. The Balaban J connectivity index is 2.02. The molecule has 2 aromatic carbocycles. The highest BCUT2D eigenvalue weighted by Gasteiger charge is 2.31. The van der Waals surface area contributed by atoms with Crippen molar-refractivity contribution in [2.24, 2.45) is 0 Å². The standard InChI is InChI=1S/C22H25NO5/c1-5-23(6-2)13-16-17(24)11-10-15-20(25)19(28-22(15)16)12-14-8-7-9-18(26-3)21(14)27-4/h7-12,24H,5-6,13H2,1-4H3. The van der Waals surface area contributed by atoms with Crippen molar-refractivity contribution in [3.63, 3.8) is 0 Å². The van der Waals surface area contributed by atoms with Gasteiger partial charge in [-0.1, -0.05) is 26.0 Å². The van der Waals surface area contributed by atoms with Crippen LogP contribution in [0.5, 0.6) is 23.0 Å². The van der Waals surface area contributed by atoms with Crippen LogP contribution in [0.15, 0.2) is 36.1 Å². The third kappa shape index (κ3) is 3.55. The Labute approximate surface area is 164 Å². The van der Waals surface area contributed by atoms with Crippen LogP contribution in [0.25, 0.3) is 6.08 Å². The van der Waals surface area contributed by atoms with Crippen LogP contribution in [0.4, 0.5) is 0 Å². The number of rotatable bonds is 7. The Morgan fingerprint density at radius 3 is 2.50 bits per heavy atom. The predicted octanol–water partition coefficient (Wildman–Crippen LogP) is 3.87. The van der Waals surface area contributed by atoms with Gasteiger partial charge in [0.25, 0.3) is 0 Å². The molecule has 0 unspecified atom stereocenters. The number of methoxy groups -OCH3 is 2. The molecule has 0 fully saturated rings. The molecule has 1 aliphatic rings. The van der Waals surface area contributed by atoms with E-state index in [1.165, 1.54) is 0 Å². The highest BCUT2D eigenvalue weighted by molar-refractivity contribution is 6.15. The number of hydrogen-bond donors (Lipinski definition) is 1. The molecule has 0 atom stereocenters. The molecule has 1 N–H and O–H groups in total. The summed E-state index contributed by atoms with van der Waals surface area (Å²) < 4.78 is 16.7. The molecule has 3 rings (SSSR count). The molecule has 0 aliphatic carbocycles. The summed E-state index contributed by atoms with van der Waals surface area (Å²) in [6.07, 6.45) is 1.64. The molecule has 0 saturated heterocycles. The highest BCUT2D eigenvalue weighted by Crippen LogP contribution is 2.41. The van der Waals surface area contributed by atoms with Gasteiger partial charge in [-0.25, -0.2) is 0 Å². The second-order valence-corrected chi connectivity index (χ2v) is 6.42. The quantitative estimate of drug-likeness (QED) is 0.732. The predicted molar refractivity (Wildman–Crippen MR) is 107 cm³/mol. The van der Waals surface area contributed by atoms with Crippen LogP contribution in [-0.2, 0) is 6.54 Å². The van der Waals surface area contributed by atoms with E-state index < -0.39 is 0 Å². The van der Waals surface area contributed by atoms with Gasteiger partial charge in [-0.15, -0.1) is 0 Å². The number of hydrogen-bond acceptors (Lipinski definition) is 6. The molecule has 0 saturated carbocycles. The van der Waals surface area contributed by atoms with E-state index in [0.29, 0.717) is 40.5 Å².